The summed E-state index contributed by atoms with van der Waals surface area (Å²) in [5.41, 5.74) is 0. The largest absolute Gasteiger partial charge is 0.381 e. The summed E-state index contributed by atoms with van der Waals surface area (Å²) in [4.78, 5) is 15.5. The zero-order valence-electron chi connectivity index (χ0n) is 13.1. The Labute approximate surface area is 126 Å². The Morgan fingerprint density at radius 1 is 1.10 bits per heavy atom. The fraction of sp³-hybridized carbons (Fsp3) is 0.786. The van der Waals surface area contributed by atoms with Gasteiger partial charge in [0, 0.05) is 39.9 Å². The molecule has 0 atom stereocenters. The van der Waals surface area contributed by atoms with Crippen LogP contribution in [0.15, 0.2) is 0 Å². The lowest BCUT2D eigenvalue weighted by Gasteiger charge is -2.16. The van der Waals surface area contributed by atoms with E-state index in [-0.39, 0.29) is 0 Å². The van der Waals surface area contributed by atoms with Gasteiger partial charge >= 0.3 is 0 Å². The molecule has 0 aliphatic carbocycles. The zero-order chi connectivity index (χ0) is 14.9. The highest BCUT2D eigenvalue weighted by Gasteiger charge is 2.16. The normalized spacial score (nSPS) is 14.5. The van der Waals surface area contributed by atoms with Gasteiger partial charge in [-0.1, -0.05) is 6.92 Å². The van der Waals surface area contributed by atoms with Crippen LogP contribution in [-0.2, 0) is 4.74 Å². The smallest absolute Gasteiger partial charge is 0.231 e. The molecular formula is C14H26N6O. The van der Waals surface area contributed by atoms with Gasteiger partial charge in [0.05, 0.1) is 0 Å². The van der Waals surface area contributed by atoms with Crippen molar-refractivity contribution < 1.29 is 4.74 Å². The molecule has 0 saturated carbocycles. The number of anilines is 3. The fourth-order valence-electron chi connectivity index (χ4n) is 2.23. The lowest BCUT2D eigenvalue weighted by atomic mass is 10.4. The van der Waals surface area contributed by atoms with Crippen molar-refractivity contribution in [3.05, 3.63) is 0 Å². The van der Waals surface area contributed by atoms with Crippen molar-refractivity contribution in [1.29, 1.82) is 0 Å². The van der Waals surface area contributed by atoms with Gasteiger partial charge < -0.3 is 20.3 Å². The van der Waals surface area contributed by atoms with Crippen molar-refractivity contribution in [2.75, 3.05) is 55.4 Å². The summed E-state index contributed by atoms with van der Waals surface area (Å²) in [6, 6.07) is 0. The summed E-state index contributed by atoms with van der Waals surface area (Å²) >= 11 is 0. The minimum Gasteiger partial charge on any atom is -0.381 e. The number of rotatable bonds is 9. The first-order valence-electron chi connectivity index (χ1n) is 7.84. The van der Waals surface area contributed by atoms with Crippen molar-refractivity contribution in [1.82, 2.24) is 15.0 Å². The maximum Gasteiger partial charge on any atom is 0.231 e. The van der Waals surface area contributed by atoms with E-state index in [2.05, 4.69) is 37.4 Å². The molecular weight excluding hydrogens is 268 g/mol. The molecule has 0 spiro atoms. The second-order valence-electron chi connectivity index (χ2n) is 5.12. The molecule has 21 heavy (non-hydrogen) atoms. The Balaban J connectivity index is 1.87. The van der Waals surface area contributed by atoms with Gasteiger partial charge in [-0.15, -0.1) is 0 Å². The van der Waals surface area contributed by atoms with E-state index in [1.165, 1.54) is 12.8 Å². The Kier molecular flexibility index (Phi) is 6.46. The lowest BCUT2D eigenvalue weighted by Crippen LogP contribution is -2.22. The number of nitrogens with zero attached hydrogens (tertiary/aromatic N) is 4. The van der Waals surface area contributed by atoms with E-state index in [4.69, 9.17) is 4.74 Å². The van der Waals surface area contributed by atoms with Crippen molar-refractivity contribution in [3.63, 3.8) is 0 Å². The average molecular weight is 294 g/mol. The lowest BCUT2D eigenvalue weighted by molar-refractivity contribution is 0.134. The monoisotopic (exact) mass is 294 g/mol. The van der Waals surface area contributed by atoms with Crippen LogP contribution in [0.2, 0.25) is 0 Å². The predicted octanol–water partition coefficient (Wildman–Crippen LogP) is 1.74. The van der Waals surface area contributed by atoms with Crippen LogP contribution in [0.25, 0.3) is 0 Å². The molecule has 1 aliphatic heterocycles. The van der Waals surface area contributed by atoms with Gasteiger partial charge in [0.1, 0.15) is 0 Å². The highest BCUT2D eigenvalue weighted by molar-refractivity contribution is 5.43. The zero-order valence-corrected chi connectivity index (χ0v) is 13.1. The van der Waals surface area contributed by atoms with Crippen molar-refractivity contribution in [2.45, 2.75) is 32.6 Å². The highest BCUT2D eigenvalue weighted by atomic mass is 16.5. The van der Waals surface area contributed by atoms with E-state index in [0.29, 0.717) is 11.9 Å². The van der Waals surface area contributed by atoms with Crippen LogP contribution in [0, 0.1) is 0 Å². The Morgan fingerprint density at radius 2 is 1.86 bits per heavy atom. The van der Waals surface area contributed by atoms with E-state index in [1.54, 1.807) is 0 Å². The molecule has 1 aliphatic rings. The van der Waals surface area contributed by atoms with Gasteiger partial charge in [0.15, 0.2) is 0 Å². The molecule has 2 rings (SSSR count). The fourth-order valence-corrected chi connectivity index (χ4v) is 2.23. The van der Waals surface area contributed by atoms with E-state index < -0.39 is 0 Å². The van der Waals surface area contributed by atoms with Crippen LogP contribution in [0.4, 0.5) is 17.8 Å². The highest BCUT2D eigenvalue weighted by Crippen LogP contribution is 2.18. The summed E-state index contributed by atoms with van der Waals surface area (Å²) in [5, 5.41) is 6.25. The second kappa shape index (κ2) is 8.61. The summed E-state index contributed by atoms with van der Waals surface area (Å²) in [6.45, 7) is 6.56. The van der Waals surface area contributed by atoms with Gasteiger partial charge in [-0.3, -0.25) is 0 Å². The number of hydrogen-bond donors (Lipinski definition) is 2. The number of nitrogens with one attached hydrogen (secondary N) is 2. The van der Waals surface area contributed by atoms with E-state index in [1.807, 2.05) is 7.05 Å². The van der Waals surface area contributed by atoms with Crippen molar-refractivity contribution in [2.24, 2.45) is 0 Å². The quantitative estimate of drug-likeness (QED) is 0.672. The molecule has 0 bridgehead atoms. The van der Waals surface area contributed by atoms with Crippen LogP contribution in [0.1, 0.15) is 32.6 Å². The molecule has 118 valence electrons. The standard InChI is InChI=1S/C14H26N6O/c1-3-10-21-11-6-7-16-13-17-12(15-2)18-14(19-13)20-8-4-5-9-20/h3-11H2,1-2H3,(H2,15,16,17,18,19). The van der Waals surface area contributed by atoms with Crippen LogP contribution in [-0.4, -0.2) is 54.8 Å². The Morgan fingerprint density at radius 3 is 2.57 bits per heavy atom. The van der Waals surface area contributed by atoms with Gasteiger partial charge in [-0.05, 0) is 25.7 Å². The first-order chi connectivity index (χ1) is 10.3. The Bertz CT molecular complexity index is 422. The average Bonchev–Trinajstić information content (AvgIpc) is 3.05. The SMILES string of the molecule is CCCOCCCNc1nc(NC)nc(N2CCCC2)n1. The third kappa shape index (κ3) is 5.00. The minimum absolute atomic E-state index is 0.608. The van der Waals surface area contributed by atoms with Crippen LogP contribution >= 0.6 is 0 Å². The molecule has 1 saturated heterocycles. The molecule has 1 aromatic heterocycles. The molecule has 7 nitrogen and oxygen atoms in total. The van der Waals surface area contributed by atoms with Crippen LogP contribution < -0.4 is 15.5 Å². The molecule has 1 fully saturated rings. The number of hydrogen-bond acceptors (Lipinski definition) is 7. The third-order valence-electron chi connectivity index (χ3n) is 3.33. The molecule has 2 heterocycles. The first-order valence-corrected chi connectivity index (χ1v) is 7.84. The molecule has 0 unspecified atom stereocenters. The molecule has 0 aromatic carbocycles. The first kappa shape index (κ1) is 15.8. The summed E-state index contributed by atoms with van der Waals surface area (Å²) < 4.78 is 5.46. The van der Waals surface area contributed by atoms with Crippen LogP contribution in [0.3, 0.4) is 0 Å². The molecule has 2 N–H and O–H groups in total. The molecule has 0 radical (unpaired) electrons. The minimum atomic E-state index is 0.608. The summed E-state index contributed by atoms with van der Waals surface area (Å²) in [5.74, 6) is 2.00. The van der Waals surface area contributed by atoms with E-state index in [9.17, 15) is 0 Å². The van der Waals surface area contributed by atoms with Gasteiger partial charge in [0.2, 0.25) is 17.8 Å². The second-order valence-corrected chi connectivity index (χ2v) is 5.12. The topological polar surface area (TPSA) is 75.2 Å². The van der Waals surface area contributed by atoms with Crippen LogP contribution in [0.5, 0.6) is 0 Å². The van der Waals surface area contributed by atoms with Crippen molar-refractivity contribution >= 4 is 17.8 Å². The Hall–Kier alpha value is -1.63. The number of aromatic nitrogens is 3. The van der Waals surface area contributed by atoms with Gasteiger partial charge in [-0.25, -0.2) is 0 Å². The molecule has 1 aromatic rings. The predicted molar refractivity (Wildman–Crippen MR) is 85.0 cm³/mol. The number of ether oxygens (including phenoxy) is 1. The van der Waals surface area contributed by atoms with E-state index in [0.717, 1.165) is 51.6 Å². The maximum absolute atomic E-state index is 5.46. The molecule has 0 amide bonds. The summed E-state index contributed by atoms with van der Waals surface area (Å²) in [7, 11) is 1.82. The maximum atomic E-state index is 5.46. The molecule has 7 heteroatoms. The van der Waals surface area contributed by atoms with E-state index >= 15 is 0 Å². The van der Waals surface area contributed by atoms with Gasteiger partial charge in [-0.2, -0.15) is 15.0 Å². The summed E-state index contributed by atoms with van der Waals surface area (Å²) in [6.07, 6.45) is 4.42. The van der Waals surface area contributed by atoms with Gasteiger partial charge in [0.25, 0.3) is 0 Å². The van der Waals surface area contributed by atoms with Crippen molar-refractivity contribution in [3.8, 4) is 0 Å². The third-order valence-corrected chi connectivity index (χ3v) is 3.33.